The van der Waals surface area contributed by atoms with E-state index in [2.05, 4.69) is 6.07 Å². The molecule has 5 heteroatoms. The summed E-state index contributed by atoms with van der Waals surface area (Å²) in [6.45, 7) is 0. The highest BCUT2D eigenvalue weighted by Crippen LogP contribution is 2.23. The van der Waals surface area contributed by atoms with Crippen molar-refractivity contribution < 1.29 is 18.7 Å². The SMILES string of the molecule is COc1ccc(CCC(=O)Oc2ccc(-c3ccc(C#N)cc3)cc2)cc1F. The van der Waals surface area contributed by atoms with Crippen LogP contribution in [0.3, 0.4) is 0 Å². The van der Waals surface area contributed by atoms with Crippen LogP contribution in [0.2, 0.25) is 0 Å². The monoisotopic (exact) mass is 375 g/mol. The molecule has 0 bridgehead atoms. The highest BCUT2D eigenvalue weighted by molar-refractivity contribution is 5.73. The summed E-state index contributed by atoms with van der Waals surface area (Å²) < 4.78 is 23.9. The second kappa shape index (κ2) is 8.83. The fourth-order valence-electron chi connectivity index (χ4n) is 2.75. The number of esters is 1. The third-order valence-electron chi connectivity index (χ3n) is 4.27. The van der Waals surface area contributed by atoms with Gasteiger partial charge in [-0.25, -0.2) is 4.39 Å². The Morgan fingerprint density at radius 3 is 2.21 bits per heavy atom. The molecule has 0 aliphatic carbocycles. The molecule has 3 rings (SSSR count). The lowest BCUT2D eigenvalue weighted by atomic mass is 10.0. The first-order valence-electron chi connectivity index (χ1n) is 8.73. The highest BCUT2D eigenvalue weighted by atomic mass is 19.1. The van der Waals surface area contributed by atoms with Crippen molar-refractivity contribution in [3.63, 3.8) is 0 Å². The molecule has 0 heterocycles. The summed E-state index contributed by atoms with van der Waals surface area (Å²) in [5.74, 6) is -0.217. The molecule has 0 spiro atoms. The van der Waals surface area contributed by atoms with Crippen LogP contribution in [0, 0.1) is 17.1 Å². The lowest BCUT2D eigenvalue weighted by Gasteiger charge is -2.07. The van der Waals surface area contributed by atoms with Gasteiger partial charge in [0, 0.05) is 6.42 Å². The fraction of sp³-hybridized carbons (Fsp3) is 0.130. The molecule has 3 aromatic carbocycles. The van der Waals surface area contributed by atoms with Crippen molar-refractivity contribution in [1.82, 2.24) is 0 Å². The molecule has 0 radical (unpaired) electrons. The number of benzene rings is 3. The van der Waals surface area contributed by atoms with Crippen molar-refractivity contribution >= 4 is 5.97 Å². The van der Waals surface area contributed by atoms with Crippen LogP contribution in [-0.2, 0) is 11.2 Å². The summed E-state index contributed by atoms with van der Waals surface area (Å²) in [5, 5.41) is 8.85. The van der Waals surface area contributed by atoms with Crippen LogP contribution in [0.25, 0.3) is 11.1 Å². The van der Waals surface area contributed by atoms with Crippen LogP contribution < -0.4 is 9.47 Å². The van der Waals surface area contributed by atoms with Crippen molar-refractivity contribution in [2.24, 2.45) is 0 Å². The molecule has 0 N–H and O–H groups in total. The first kappa shape index (κ1) is 19.1. The van der Waals surface area contributed by atoms with E-state index < -0.39 is 5.82 Å². The zero-order valence-corrected chi connectivity index (χ0v) is 15.3. The molecule has 0 amide bonds. The Morgan fingerprint density at radius 2 is 1.64 bits per heavy atom. The smallest absolute Gasteiger partial charge is 0.311 e. The van der Waals surface area contributed by atoms with Gasteiger partial charge in [-0.05, 0) is 59.5 Å². The van der Waals surface area contributed by atoms with E-state index in [9.17, 15) is 9.18 Å². The zero-order valence-electron chi connectivity index (χ0n) is 15.3. The van der Waals surface area contributed by atoms with Crippen LogP contribution in [0.1, 0.15) is 17.5 Å². The van der Waals surface area contributed by atoms with E-state index in [1.165, 1.54) is 19.2 Å². The Kier molecular flexibility index (Phi) is 6.03. The molecule has 0 aliphatic rings. The third kappa shape index (κ3) is 4.74. The normalized spacial score (nSPS) is 10.2. The Balaban J connectivity index is 1.56. The number of aryl methyl sites for hydroxylation is 1. The molecular weight excluding hydrogens is 357 g/mol. The van der Waals surface area contributed by atoms with E-state index in [0.717, 1.165) is 11.1 Å². The summed E-state index contributed by atoms with van der Waals surface area (Å²) in [5.41, 5.74) is 3.23. The van der Waals surface area contributed by atoms with E-state index >= 15 is 0 Å². The molecule has 0 atom stereocenters. The number of rotatable bonds is 6. The molecule has 0 saturated heterocycles. The van der Waals surface area contributed by atoms with Crippen LogP contribution in [-0.4, -0.2) is 13.1 Å². The van der Waals surface area contributed by atoms with Gasteiger partial charge in [0.25, 0.3) is 0 Å². The Morgan fingerprint density at radius 1 is 1.00 bits per heavy atom. The maximum atomic E-state index is 13.7. The maximum absolute atomic E-state index is 13.7. The molecule has 28 heavy (non-hydrogen) atoms. The number of methoxy groups -OCH3 is 1. The number of carbonyl (C=O) groups excluding carboxylic acids is 1. The lowest BCUT2D eigenvalue weighted by molar-refractivity contribution is -0.134. The van der Waals surface area contributed by atoms with Gasteiger partial charge in [-0.1, -0.05) is 30.3 Å². The van der Waals surface area contributed by atoms with Crippen molar-refractivity contribution in [1.29, 1.82) is 5.26 Å². The minimum atomic E-state index is -0.452. The number of nitrogens with zero attached hydrogens (tertiary/aromatic N) is 1. The molecule has 0 saturated carbocycles. The van der Waals surface area contributed by atoms with E-state index in [0.29, 0.717) is 23.3 Å². The van der Waals surface area contributed by atoms with Gasteiger partial charge < -0.3 is 9.47 Å². The third-order valence-corrected chi connectivity index (χ3v) is 4.27. The topological polar surface area (TPSA) is 59.3 Å². The van der Waals surface area contributed by atoms with E-state index in [-0.39, 0.29) is 18.1 Å². The molecule has 0 aliphatic heterocycles. The van der Waals surface area contributed by atoms with E-state index in [4.69, 9.17) is 14.7 Å². The van der Waals surface area contributed by atoms with Gasteiger partial charge in [-0.2, -0.15) is 5.26 Å². The predicted octanol–water partition coefficient (Wildman–Crippen LogP) is 4.91. The second-order valence-corrected chi connectivity index (χ2v) is 6.16. The van der Waals surface area contributed by atoms with Gasteiger partial charge >= 0.3 is 5.97 Å². The van der Waals surface area contributed by atoms with Gasteiger partial charge in [0.2, 0.25) is 0 Å². The zero-order chi connectivity index (χ0) is 19.9. The van der Waals surface area contributed by atoms with Crippen LogP contribution in [0.5, 0.6) is 11.5 Å². The van der Waals surface area contributed by atoms with Crippen LogP contribution in [0.4, 0.5) is 4.39 Å². The minimum absolute atomic E-state index is 0.142. The number of halogens is 1. The minimum Gasteiger partial charge on any atom is -0.494 e. The van der Waals surface area contributed by atoms with Crippen molar-refractivity contribution in [3.8, 4) is 28.7 Å². The maximum Gasteiger partial charge on any atom is 0.311 e. The molecule has 3 aromatic rings. The van der Waals surface area contributed by atoms with Crippen LogP contribution >= 0.6 is 0 Å². The Bertz CT molecular complexity index is 1010. The number of ether oxygens (including phenoxy) is 2. The van der Waals surface area contributed by atoms with Crippen molar-refractivity contribution in [3.05, 3.63) is 83.7 Å². The Hall–Kier alpha value is -3.65. The molecular formula is C23H18FNO3. The van der Waals surface area contributed by atoms with Gasteiger partial charge in [-0.3, -0.25) is 4.79 Å². The highest BCUT2D eigenvalue weighted by Gasteiger charge is 2.09. The summed E-state index contributed by atoms with van der Waals surface area (Å²) in [7, 11) is 1.40. The second-order valence-electron chi connectivity index (χ2n) is 6.16. The fourth-order valence-corrected chi connectivity index (χ4v) is 2.75. The number of nitriles is 1. The summed E-state index contributed by atoms with van der Waals surface area (Å²) in [6, 6.07) is 21.1. The molecule has 0 unspecified atom stereocenters. The molecule has 4 nitrogen and oxygen atoms in total. The van der Waals surface area contributed by atoms with E-state index in [1.54, 1.807) is 30.3 Å². The van der Waals surface area contributed by atoms with Gasteiger partial charge in [0.1, 0.15) is 5.75 Å². The lowest BCUT2D eigenvalue weighted by Crippen LogP contribution is -2.09. The van der Waals surface area contributed by atoms with Gasteiger partial charge in [0.15, 0.2) is 11.6 Å². The summed E-state index contributed by atoms with van der Waals surface area (Å²) >= 11 is 0. The van der Waals surface area contributed by atoms with Crippen molar-refractivity contribution in [2.75, 3.05) is 7.11 Å². The van der Waals surface area contributed by atoms with Crippen LogP contribution in [0.15, 0.2) is 66.7 Å². The van der Waals surface area contributed by atoms with Gasteiger partial charge in [0.05, 0.1) is 18.7 Å². The first-order chi connectivity index (χ1) is 13.6. The quantitative estimate of drug-likeness (QED) is 0.454. The molecule has 0 aromatic heterocycles. The molecule has 140 valence electrons. The standard InChI is InChI=1S/C23H18FNO3/c1-27-22-12-4-16(14-21(22)24)5-13-23(26)28-20-10-8-19(9-11-20)18-6-2-17(15-25)3-7-18/h2-4,6-12,14H,5,13H2,1H3. The predicted molar refractivity (Wildman–Crippen MR) is 104 cm³/mol. The number of hydrogen-bond donors (Lipinski definition) is 0. The summed E-state index contributed by atoms with van der Waals surface area (Å²) in [6.07, 6.45) is 0.520. The average Bonchev–Trinajstić information content (AvgIpc) is 2.73. The van der Waals surface area contributed by atoms with Gasteiger partial charge in [-0.15, -0.1) is 0 Å². The molecule has 0 fully saturated rings. The number of hydrogen-bond acceptors (Lipinski definition) is 4. The van der Waals surface area contributed by atoms with E-state index in [1.807, 2.05) is 24.3 Å². The van der Waals surface area contributed by atoms with Crippen molar-refractivity contribution in [2.45, 2.75) is 12.8 Å². The number of carbonyl (C=O) groups is 1. The first-order valence-corrected chi connectivity index (χ1v) is 8.73. The average molecular weight is 375 g/mol. The summed E-state index contributed by atoms with van der Waals surface area (Å²) in [4.78, 5) is 12.0. The Labute approximate surface area is 162 Å². The largest absolute Gasteiger partial charge is 0.494 e.